The first-order chi connectivity index (χ1) is 15.8. The fraction of sp³-hybridized carbons (Fsp3) is 0.423. The molecule has 1 fully saturated rings. The van der Waals surface area contributed by atoms with Crippen LogP contribution in [0.5, 0.6) is 0 Å². The van der Waals surface area contributed by atoms with Crippen LogP contribution in [0.25, 0.3) is 11.0 Å². The summed E-state index contributed by atoms with van der Waals surface area (Å²) in [7, 11) is 0. The molecule has 33 heavy (non-hydrogen) atoms. The molecule has 0 aliphatic carbocycles. The van der Waals surface area contributed by atoms with E-state index in [-0.39, 0.29) is 12.1 Å². The number of nitriles is 1. The van der Waals surface area contributed by atoms with Gasteiger partial charge in [-0.1, -0.05) is 24.3 Å². The van der Waals surface area contributed by atoms with Crippen LogP contribution in [0.15, 0.2) is 48.5 Å². The number of aromatic nitrogens is 2. The third kappa shape index (κ3) is 5.46. The fourth-order valence-electron chi connectivity index (χ4n) is 4.30. The van der Waals surface area contributed by atoms with E-state index in [0.29, 0.717) is 18.7 Å². The van der Waals surface area contributed by atoms with Crippen molar-refractivity contribution in [3.8, 4) is 6.07 Å². The maximum Gasteiger partial charge on any atom is 0.407 e. The van der Waals surface area contributed by atoms with Gasteiger partial charge in [0, 0.05) is 19.1 Å². The SMILES string of the molecule is CC(C)(C)OC(=O)NCC1CCCCN1c1nc2ccccc2n1Cc1ccc(C#N)cc1. The largest absolute Gasteiger partial charge is 0.444 e. The first kappa shape index (κ1) is 22.7. The molecule has 7 heteroatoms. The lowest BCUT2D eigenvalue weighted by Gasteiger charge is -2.37. The van der Waals surface area contributed by atoms with Crippen molar-refractivity contribution < 1.29 is 9.53 Å². The summed E-state index contributed by atoms with van der Waals surface area (Å²) in [6.07, 6.45) is 2.80. The first-order valence-corrected chi connectivity index (χ1v) is 11.5. The number of benzene rings is 2. The van der Waals surface area contributed by atoms with Crippen LogP contribution in [0.3, 0.4) is 0 Å². The molecule has 1 N–H and O–H groups in total. The Balaban J connectivity index is 1.61. The Bertz CT molecular complexity index is 1150. The highest BCUT2D eigenvalue weighted by atomic mass is 16.6. The number of nitrogens with one attached hydrogen (secondary N) is 1. The molecule has 1 saturated heterocycles. The lowest BCUT2D eigenvalue weighted by Crippen LogP contribution is -2.48. The smallest absolute Gasteiger partial charge is 0.407 e. The van der Waals surface area contributed by atoms with Crippen LogP contribution in [0.1, 0.15) is 51.2 Å². The predicted octanol–water partition coefficient (Wildman–Crippen LogP) is 4.84. The zero-order valence-corrected chi connectivity index (χ0v) is 19.5. The number of amides is 1. The number of hydrogen-bond acceptors (Lipinski definition) is 5. The van der Waals surface area contributed by atoms with Crippen molar-refractivity contribution >= 4 is 23.1 Å². The standard InChI is InChI=1S/C26H31N5O2/c1-26(2,3)33-25(32)28-17-21-8-6-7-15-30(21)24-29-22-9-4-5-10-23(22)31(24)18-20-13-11-19(16-27)12-14-20/h4-5,9-14,21H,6-8,15,17-18H2,1-3H3,(H,28,32). The van der Waals surface area contributed by atoms with Crippen molar-refractivity contribution in [2.45, 2.75) is 58.2 Å². The lowest BCUT2D eigenvalue weighted by atomic mass is 10.0. The van der Waals surface area contributed by atoms with E-state index in [1.54, 1.807) is 0 Å². The normalized spacial score (nSPS) is 16.4. The molecule has 1 atom stereocenters. The van der Waals surface area contributed by atoms with Gasteiger partial charge in [0.05, 0.1) is 29.2 Å². The van der Waals surface area contributed by atoms with E-state index < -0.39 is 5.60 Å². The minimum atomic E-state index is -0.522. The Morgan fingerprint density at radius 3 is 2.67 bits per heavy atom. The van der Waals surface area contributed by atoms with Crippen molar-refractivity contribution in [1.82, 2.24) is 14.9 Å². The Hall–Kier alpha value is -3.53. The summed E-state index contributed by atoms with van der Waals surface area (Å²) in [5.41, 5.74) is 3.26. The molecular weight excluding hydrogens is 414 g/mol. The summed E-state index contributed by atoms with van der Waals surface area (Å²) in [4.78, 5) is 19.6. The summed E-state index contributed by atoms with van der Waals surface area (Å²) < 4.78 is 7.67. The Morgan fingerprint density at radius 2 is 1.94 bits per heavy atom. The van der Waals surface area contributed by atoms with E-state index in [4.69, 9.17) is 15.0 Å². The van der Waals surface area contributed by atoms with Gasteiger partial charge in [-0.15, -0.1) is 0 Å². The maximum absolute atomic E-state index is 12.3. The minimum Gasteiger partial charge on any atom is -0.444 e. The minimum absolute atomic E-state index is 0.141. The van der Waals surface area contributed by atoms with Gasteiger partial charge in [0.2, 0.25) is 5.95 Å². The Kier molecular flexibility index (Phi) is 6.55. The quantitative estimate of drug-likeness (QED) is 0.608. The molecule has 0 spiro atoms. The second-order valence-corrected chi connectivity index (χ2v) is 9.52. The molecule has 3 aromatic rings. The number of piperidine rings is 1. The summed E-state index contributed by atoms with van der Waals surface area (Å²) in [5.74, 6) is 0.913. The number of alkyl carbamates (subject to hydrolysis) is 1. The summed E-state index contributed by atoms with van der Waals surface area (Å²) in [5, 5.41) is 12.1. The first-order valence-electron chi connectivity index (χ1n) is 11.5. The van der Waals surface area contributed by atoms with Crippen LogP contribution in [0, 0.1) is 11.3 Å². The van der Waals surface area contributed by atoms with E-state index in [0.717, 1.165) is 48.4 Å². The van der Waals surface area contributed by atoms with Gasteiger partial charge in [-0.25, -0.2) is 9.78 Å². The van der Waals surface area contributed by atoms with E-state index in [2.05, 4.69) is 26.9 Å². The monoisotopic (exact) mass is 445 g/mol. The molecule has 2 aromatic carbocycles. The third-order valence-corrected chi connectivity index (χ3v) is 5.82. The molecule has 1 aliphatic heterocycles. The van der Waals surface area contributed by atoms with E-state index in [1.165, 1.54) is 0 Å². The van der Waals surface area contributed by atoms with Crippen LogP contribution in [-0.4, -0.2) is 40.4 Å². The highest BCUT2D eigenvalue weighted by Gasteiger charge is 2.28. The Morgan fingerprint density at radius 1 is 1.18 bits per heavy atom. The van der Waals surface area contributed by atoms with Crippen molar-refractivity contribution in [2.24, 2.45) is 0 Å². The second-order valence-electron chi connectivity index (χ2n) is 9.52. The van der Waals surface area contributed by atoms with Gasteiger partial charge in [0.15, 0.2) is 0 Å². The molecule has 0 bridgehead atoms. The number of hydrogen-bond donors (Lipinski definition) is 1. The Labute approximate surface area is 195 Å². The highest BCUT2D eigenvalue weighted by molar-refractivity contribution is 5.79. The van der Waals surface area contributed by atoms with Gasteiger partial charge < -0.3 is 19.5 Å². The van der Waals surface area contributed by atoms with Gasteiger partial charge in [0.25, 0.3) is 0 Å². The summed E-state index contributed by atoms with van der Waals surface area (Å²) in [6.45, 7) is 7.65. The lowest BCUT2D eigenvalue weighted by molar-refractivity contribution is 0.0522. The number of fused-ring (bicyclic) bond motifs is 1. The van der Waals surface area contributed by atoms with Crippen LogP contribution >= 0.6 is 0 Å². The molecule has 4 rings (SSSR count). The van der Waals surface area contributed by atoms with Crippen LogP contribution in [0.2, 0.25) is 0 Å². The molecular formula is C26H31N5O2. The molecule has 1 unspecified atom stereocenters. The van der Waals surface area contributed by atoms with Gasteiger partial charge in [-0.05, 0) is 69.9 Å². The molecule has 7 nitrogen and oxygen atoms in total. The van der Waals surface area contributed by atoms with Crippen LogP contribution in [-0.2, 0) is 11.3 Å². The molecule has 1 aliphatic rings. The van der Waals surface area contributed by atoms with Gasteiger partial charge in [-0.2, -0.15) is 5.26 Å². The molecule has 0 saturated carbocycles. The van der Waals surface area contributed by atoms with Crippen molar-refractivity contribution in [1.29, 1.82) is 5.26 Å². The molecule has 1 amide bonds. The summed E-state index contributed by atoms with van der Waals surface area (Å²) >= 11 is 0. The molecule has 172 valence electrons. The number of para-hydroxylation sites is 2. The van der Waals surface area contributed by atoms with E-state index in [1.807, 2.05) is 63.2 Å². The molecule has 2 heterocycles. The summed E-state index contributed by atoms with van der Waals surface area (Å²) in [6, 6.07) is 18.2. The average Bonchev–Trinajstić information content (AvgIpc) is 3.15. The van der Waals surface area contributed by atoms with Gasteiger partial charge >= 0.3 is 6.09 Å². The van der Waals surface area contributed by atoms with Crippen LogP contribution < -0.4 is 10.2 Å². The second kappa shape index (κ2) is 9.53. The van der Waals surface area contributed by atoms with Crippen molar-refractivity contribution in [2.75, 3.05) is 18.0 Å². The number of carbonyl (C=O) groups excluding carboxylic acids is 1. The number of carbonyl (C=O) groups is 1. The zero-order valence-electron chi connectivity index (χ0n) is 19.5. The van der Waals surface area contributed by atoms with E-state index in [9.17, 15) is 4.79 Å². The number of nitrogens with zero attached hydrogens (tertiary/aromatic N) is 4. The van der Waals surface area contributed by atoms with E-state index >= 15 is 0 Å². The van der Waals surface area contributed by atoms with Crippen molar-refractivity contribution in [3.05, 3.63) is 59.7 Å². The predicted molar refractivity (Wildman–Crippen MR) is 129 cm³/mol. The van der Waals surface area contributed by atoms with Gasteiger partial charge in [-0.3, -0.25) is 0 Å². The molecule has 1 aromatic heterocycles. The number of imidazole rings is 1. The highest BCUT2D eigenvalue weighted by Crippen LogP contribution is 2.29. The van der Waals surface area contributed by atoms with Crippen LogP contribution in [0.4, 0.5) is 10.7 Å². The topological polar surface area (TPSA) is 83.2 Å². The third-order valence-electron chi connectivity index (χ3n) is 5.82. The number of rotatable bonds is 5. The average molecular weight is 446 g/mol. The fourth-order valence-corrected chi connectivity index (χ4v) is 4.30. The molecule has 0 radical (unpaired) electrons. The zero-order chi connectivity index (χ0) is 23.4. The number of ether oxygens (including phenoxy) is 1. The number of anilines is 1. The maximum atomic E-state index is 12.3. The van der Waals surface area contributed by atoms with Gasteiger partial charge in [0.1, 0.15) is 5.60 Å². The van der Waals surface area contributed by atoms with Crippen molar-refractivity contribution in [3.63, 3.8) is 0 Å².